The Balaban J connectivity index is 1.62. The number of rotatable bonds is 2. The van der Waals surface area contributed by atoms with Gasteiger partial charge in [-0.1, -0.05) is 0 Å². The third kappa shape index (κ3) is 1.63. The van der Waals surface area contributed by atoms with Crippen LogP contribution in [0, 0.1) is 5.92 Å². The molecule has 1 saturated heterocycles. The molecule has 86 valence electrons. The maximum Gasteiger partial charge on any atom is 0.226 e. The van der Waals surface area contributed by atoms with Crippen molar-refractivity contribution in [3.05, 3.63) is 24.2 Å². The monoisotopic (exact) mass is 221 g/mol. The van der Waals surface area contributed by atoms with Crippen LogP contribution >= 0.6 is 0 Å². The summed E-state index contributed by atoms with van der Waals surface area (Å²) in [7, 11) is 0. The largest absolute Gasteiger partial charge is 0.469 e. The number of amides is 1. The van der Waals surface area contributed by atoms with Crippen LogP contribution in [0.25, 0.3) is 0 Å². The average Bonchev–Trinajstić information content (AvgIpc) is 2.72. The number of likely N-dealkylation sites (tertiary alicyclic amines) is 1. The molecule has 0 bridgehead atoms. The van der Waals surface area contributed by atoms with Gasteiger partial charge in [0, 0.05) is 24.9 Å². The molecule has 2 fully saturated rings. The standard InChI is InChI=1S/C12H15NO3/c14-8-3-4-13(7-8)12(15)10-6-9(10)11-2-1-5-16-11/h1-2,5,8-10,14H,3-4,6-7H2/t8-,9?,10?/m1/s1. The second kappa shape index (κ2) is 3.63. The van der Waals surface area contributed by atoms with Crippen LogP contribution in [0.4, 0.5) is 0 Å². The molecule has 4 heteroatoms. The number of furan rings is 1. The summed E-state index contributed by atoms with van der Waals surface area (Å²) < 4.78 is 5.30. The van der Waals surface area contributed by atoms with Gasteiger partial charge in [0.1, 0.15) is 5.76 Å². The Morgan fingerprint density at radius 2 is 2.44 bits per heavy atom. The van der Waals surface area contributed by atoms with Crippen molar-refractivity contribution < 1.29 is 14.3 Å². The first-order chi connectivity index (χ1) is 7.75. The number of aliphatic hydroxyl groups excluding tert-OH is 1. The fraction of sp³-hybridized carbons (Fsp3) is 0.583. The van der Waals surface area contributed by atoms with E-state index in [9.17, 15) is 9.90 Å². The summed E-state index contributed by atoms with van der Waals surface area (Å²) >= 11 is 0. The molecule has 3 rings (SSSR count). The van der Waals surface area contributed by atoms with Crippen LogP contribution in [-0.4, -0.2) is 35.1 Å². The maximum atomic E-state index is 12.0. The van der Waals surface area contributed by atoms with E-state index in [-0.39, 0.29) is 23.8 Å². The topological polar surface area (TPSA) is 53.7 Å². The lowest BCUT2D eigenvalue weighted by Gasteiger charge is -2.14. The summed E-state index contributed by atoms with van der Waals surface area (Å²) in [6, 6.07) is 3.78. The Bertz CT molecular complexity index is 387. The van der Waals surface area contributed by atoms with E-state index in [1.54, 1.807) is 11.2 Å². The third-order valence-electron chi connectivity index (χ3n) is 3.49. The van der Waals surface area contributed by atoms with Crippen molar-refractivity contribution >= 4 is 5.91 Å². The third-order valence-corrected chi connectivity index (χ3v) is 3.49. The highest BCUT2D eigenvalue weighted by Crippen LogP contribution is 2.48. The van der Waals surface area contributed by atoms with Crippen molar-refractivity contribution in [2.45, 2.75) is 24.9 Å². The molecule has 0 aromatic carbocycles. The van der Waals surface area contributed by atoms with E-state index in [1.165, 1.54) is 0 Å². The van der Waals surface area contributed by atoms with E-state index in [0.717, 1.165) is 12.2 Å². The lowest BCUT2D eigenvalue weighted by molar-refractivity contribution is -0.132. The number of carbonyl (C=O) groups is 1. The first-order valence-corrected chi connectivity index (χ1v) is 5.76. The highest BCUT2D eigenvalue weighted by Gasteiger charge is 2.48. The molecule has 3 atom stereocenters. The number of hydrogen-bond acceptors (Lipinski definition) is 3. The second-order valence-corrected chi connectivity index (χ2v) is 4.69. The van der Waals surface area contributed by atoms with Crippen molar-refractivity contribution in [2.75, 3.05) is 13.1 Å². The van der Waals surface area contributed by atoms with Gasteiger partial charge in [0.15, 0.2) is 0 Å². The molecule has 1 N–H and O–H groups in total. The molecular formula is C12H15NO3. The van der Waals surface area contributed by atoms with Gasteiger partial charge in [-0.2, -0.15) is 0 Å². The van der Waals surface area contributed by atoms with E-state index >= 15 is 0 Å². The van der Waals surface area contributed by atoms with Gasteiger partial charge < -0.3 is 14.4 Å². The van der Waals surface area contributed by atoms with Crippen molar-refractivity contribution in [2.24, 2.45) is 5.92 Å². The Hall–Kier alpha value is -1.29. The Kier molecular flexibility index (Phi) is 2.24. The minimum absolute atomic E-state index is 0.0800. The van der Waals surface area contributed by atoms with Crippen LogP contribution < -0.4 is 0 Å². The summed E-state index contributed by atoms with van der Waals surface area (Å²) in [6.07, 6.45) is 2.92. The number of β-amino-alcohol motifs (C(OH)–C–C–N with tert-alkyl or cyclic N) is 1. The fourth-order valence-electron chi connectivity index (χ4n) is 2.46. The van der Waals surface area contributed by atoms with Crippen LogP contribution in [0.2, 0.25) is 0 Å². The van der Waals surface area contributed by atoms with Gasteiger partial charge in [0.25, 0.3) is 0 Å². The molecule has 4 nitrogen and oxygen atoms in total. The van der Waals surface area contributed by atoms with Crippen molar-refractivity contribution in [1.29, 1.82) is 0 Å². The average molecular weight is 221 g/mol. The van der Waals surface area contributed by atoms with E-state index < -0.39 is 0 Å². The summed E-state index contributed by atoms with van der Waals surface area (Å²) in [5.74, 6) is 1.44. The van der Waals surface area contributed by atoms with Crippen LogP contribution in [-0.2, 0) is 4.79 Å². The van der Waals surface area contributed by atoms with Gasteiger partial charge in [0.05, 0.1) is 12.4 Å². The van der Waals surface area contributed by atoms with Crippen LogP contribution in [0.15, 0.2) is 22.8 Å². The predicted molar refractivity (Wildman–Crippen MR) is 56.8 cm³/mol. The molecule has 0 spiro atoms. The van der Waals surface area contributed by atoms with Gasteiger partial charge in [-0.05, 0) is 25.0 Å². The molecule has 1 amide bonds. The molecule has 1 aromatic heterocycles. The molecule has 1 aliphatic heterocycles. The number of hydrogen-bond donors (Lipinski definition) is 1. The van der Waals surface area contributed by atoms with Crippen LogP contribution in [0.5, 0.6) is 0 Å². The SMILES string of the molecule is O=C(C1CC1c1ccco1)N1CC[C@@H](O)C1. The lowest BCUT2D eigenvalue weighted by Crippen LogP contribution is -2.31. The van der Waals surface area contributed by atoms with Crippen molar-refractivity contribution in [1.82, 2.24) is 4.90 Å². The normalized spacial score (nSPS) is 33.1. The first kappa shape index (κ1) is 9.90. The van der Waals surface area contributed by atoms with Gasteiger partial charge >= 0.3 is 0 Å². The van der Waals surface area contributed by atoms with Crippen LogP contribution in [0.1, 0.15) is 24.5 Å². The molecule has 1 saturated carbocycles. The van der Waals surface area contributed by atoms with Gasteiger partial charge in [-0.15, -0.1) is 0 Å². The van der Waals surface area contributed by atoms with E-state index in [2.05, 4.69) is 0 Å². The van der Waals surface area contributed by atoms with Gasteiger partial charge in [0.2, 0.25) is 5.91 Å². The first-order valence-electron chi connectivity index (χ1n) is 5.76. The highest BCUT2D eigenvalue weighted by atomic mass is 16.3. The molecule has 1 aromatic rings. The molecule has 2 heterocycles. The molecule has 2 unspecified atom stereocenters. The molecule has 0 radical (unpaired) electrons. The Morgan fingerprint density at radius 3 is 3.06 bits per heavy atom. The zero-order valence-corrected chi connectivity index (χ0v) is 9.00. The summed E-state index contributed by atoms with van der Waals surface area (Å²) in [4.78, 5) is 13.8. The van der Waals surface area contributed by atoms with Crippen LogP contribution in [0.3, 0.4) is 0 Å². The lowest BCUT2D eigenvalue weighted by atomic mass is 10.2. The number of carbonyl (C=O) groups excluding carboxylic acids is 1. The van der Waals surface area contributed by atoms with Gasteiger partial charge in [-0.25, -0.2) is 0 Å². The Morgan fingerprint density at radius 1 is 1.56 bits per heavy atom. The second-order valence-electron chi connectivity index (χ2n) is 4.69. The molecule has 1 aliphatic carbocycles. The number of aliphatic hydroxyl groups is 1. The van der Waals surface area contributed by atoms with E-state index in [1.807, 2.05) is 12.1 Å². The fourth-order valence-corrected chi connectivity index (χ4v) is 2.46. The number of nitrogens with zero attached hydrogens (tertiary/aromatic N) is 1. The molecular weight excluding hydrogens is 206 g/mol. The summed E-state index contributed by atoms with van der Waals surface area (Å²) in [5, 5.41) is 9.39. The van der Waals surface area contributed by atoms with Crippen molar-refractivity contribution in [3.8, 4) is 0 Å². The quantitative estimate of drug-likeness (QED) is 0.809. The highest BCUT2D eigenvalue weighted by molar-refractivity contribution is 5.83. The zero-order valence-electron chi connectivity index (χ0n) is 9.00. The maximum absolute atomic E-state index is 12.0. The molecule has 2 aliphatic rings. The molecule has 16 heavy (non-hydrogen) atoms. The summed E-state index contributed by atoms with van der Waals surface area (Å²) in [5.41, 5.74) is 0. The minimum Gasteiger partial charge on any atom is -0.469 e. The predicted octanol–water partition coefficient (Wildman–Crippen LogP) is 0.976. The summed E-state index contributed by atoms with van der Waals surface area (Å²) in [6.45, 7) is 1.20. The minimum atomic E-state index is -0.329. The smallest absolute Gasteiger partial charge is 0.226 e. The van der Waals surface area contributed by atoms with E-state index in [0.29, 0.717) is 19.5 Å². The Labute approximate surface area is 93.8 Å². The zero-order chi connectivity index (χ0) is 11.1. The van der Waals surface area contributed by atoms with E-state index in [4.69, 9.17) is 4.42 Å². The van der Waals surface area contributed by atoms with Gasteiger partial charge in [-0.3, -0.25) is 4.79 Å². The van der Waals surface area contributed by atoms with Crippen molar-refractivity contribution in [3.63, 3.8) is 0 Å².